The Bertz CT molecular complexity index is 443. The van der Waals surface area contributed by atoms with Crippen LogP contribution in [0.2, 0.25) is 0 Å². The molecule has 0 spiro atoms. The lowest BCUT2D eigenvalue weighted by Gasteiger charge is -2.22. The molecule has 1 unspecified atom stereocenters. The first-order valence-corrected chi connectivity index (χ1v) is 6.46. The summed E-state index contributed by atoms with van der Waals surface area (Å²) < 4.78 is 5.34. The van der Waals surface area contributed by atoms with Gasteiger partial charge in [-0.2, -0.15) is 0 Å². The van der Waals surface area contributed by atoms with Crippen LogP contribution in [0.25, 0.3) is 0 Å². The predicted molar refractivity (Wildman–Crippen MR) is 75.6 cm³/mol. The lowest BCUT2D eigenvalue weighted by molar-refractivity contribution is -0.142. The summed E-state index contributed by atoms with van der Waals surface area (Å²) in [5.74, 6) is 0.449. The summed E-state index contributed by atoms with van der Waals surface area (Å²) in [6.45, 7) is 6.53. The maximum absolute atomic E-state index is 10.9. The van der Waals surface area contributed by atoms with Crippen LogP contribution in [0, 0.1) is 0 Å². The molecule has 19 heavy (non-hydrogen) atoms. The van der Waals surface area contributed by atoms with Crippen LogP contribution >= 0.6 is 0 Å². The number of hydrogen-bond acceptors (Lipinski definition) is 3. The van der Waals surface area contributed by atoms with Crippen molar-refractivity contribution >= 4 is 5.97 Å². The van der Waals surface area contributed by atoms with Gasteiger partial charge in [-0.05, 0) is 37.1 Å². The Hall–Kier alpha value is -1.55. The molecule has 0 bridgehead atoms. The number of ether oxygens (including phenoxy) is 1. The van der Waals surface area contributed by atoms with Crippen molar-refractivity contribution in [3.05, 3.63) is 29.3 Å². The van der Waals surface area contributed by atoms with Crippen LogP contribution in [0.1, 0.15) is 37.8 Å². The molecule has 0 aliphatic heterocycles. The zero-order chi connectivity index (χ0) is 14.6. The van der Waals surface area contributed by atoms with Gasteiger partial charge in [-0.25, -0.2) is 0 Å². The van der Waals surface area contributed by atoms with Crippen molar-refractivity contribution in [2.24, 2.45) is 0 Å². The van der Waals surface area contributed by atoms with Crippen LogP contribution in [0.4, 0.5) is 0 Å². The van der Waals surface area contributed by atoms with Gasteiger partial charge >= 0.3 is 5.97 Å². The average Bonchev–Trinajstić information content (AvgIpc) is 2.37. The summed E-state index contributed by atoms with van der Waals surface area (Å²) in [7, 11) is 3.48. The predicted octanol–water partition coefficient (Wildman–Crippen LogP) is 2.72. The van der Waals surface area contributed by atoms with Gasteiger partial charge in [-0.3, -0.25) is 9.69 Å². The highest BCUT2D eigenvalue weighted by atomic mass is 16.5. The Kier molecular flexibility index (Phi) is 5.36. The molecule has 0 aliphatic rings. The van der Waals surface area contributed by atoms with E-state index in [2.05, 4.69) is 19.9 Å². The Morgan fingerprint density at radius 1 is 1.37 bits per heavy atom. The molecule has 106 valence electrons. The molecule has 0 amide bonds. The number of carboxylic acid groups (broad SMARTS) is 1. The normalized spacial score (nSPS) is 12.8. The second kappa shape index (κ2) is 6.57. The fourth-order valence-corrected chi connectivity index (χ4v) is 1.95. The Morgan fingerprint density at radius 3 is 2.47 bits per heavy atom. The lowest BCUT2D eigenvalue weighted by atomic mass is 9.99. The first-order valence-electron chi connectivity index (χ1n) is 6.46. The van der Waals surface area contributed by atoms with E-state index >= 15 is 0 Å². The number of methoxy groups -OCH3 is 1. The third-order valence-electron chi connectivity index (χ3n) is 3.37. The van der Waals surface area contributed by atoms with Crippen LogP contribution in [-0.4, -0.2) is 36.2 Å². The minimum atomic E-state index is -0.805. The van der Waals surface area contributed by atoms with Gasteiger partial charge < -0.3 is 9.84 Å². The van der Waals surface area contributed by atoms with Gasteiger partial charge in [0.25, 0.3) is 0 Å². The molecule has 1 aromatic carbocycles. The van der Waals surface area contributed by atoms with Gasteiger partial charge in [0, 0.05) is 6.54 Å². The number of carboxylic acids is 1. The van der Waals surface area contributed by atoms with Crippen molar-refractivity contribution in [1.82, 2.24) is 4.90 Å². The molecule has 0 heterocycles. The third kappa shape index (κ3) is 3.96. The Labute approximate surface area is 115 Å². The highest BCUT2D eigenvalue weighted by Crippen LogP contribution is 2.27. The number of benzene rings is 1. The van der Waals surface area contributed by atoms with E-state index in [1.807, 2.05) is 24.1 Å². The molecule has 1 aromatic rings. The van der Waals surface area contributed by atoms with E-state index < -0.39 is 12.0 Å². The minimum absolute atomic E-state index is 0.372. The van der Waals surface area contributed by atoms with Crippen LogP contribution in [0.15, 0.2) is 18.2 Å². The zero-order valence-electron chi connectivity index (χ0n) is 12.3. The van der Waals surface area contributed by atoms with E-state index in [1.165, 1.54) is 0 Å². The number of rotatable bonds is 6. The maximum atomic E-state index is 10.9. The van der Waals surface area contributed by atoms with E-state index in [1.54, 1.807) is 14.0 Å². The number of aliphatic carboxylic acids is 1. The summed E-state index contributed by atoms with van der Waals surface area (Å²) in [6, 6.07) is 5.53. The number of nitrogens with zero attached hydrogens (tertiary/aromatic N) is 1. The van der Waals surface area contributed by atoms with Crippen molar-refractivity contribution in [2.45, 2.75) is 39.3 Å². The summed E-state index contributed by atoms with van der Waals surface area (Å²) >= 11 is 0. The second-order valence-corrected chi connectivity index (χ2v) is 5.16. The lowest BCUT2D eigenvalue weighted by Crippen LogP contribution is -2.35. The highest BCUT2D eigenvalue weighted by Gasteiger charge is 2.17. The largest absolute Gasteiger partial charge is 0.496 e. The molecule has 4 heteroatoms. The molecule has 1 atom stereocenters. The zero-order valence-corrected chi connectivity index (χ0v) is 12.3. The Morgan fingerprint density at radius 2 is 2.00 bits per heavy atom. The number of likely N-dealkylation sites (N-methyl/N-ethyl adjacent to an activating group) is 1. The van der Waals surface area contributed by atoms with E-state index in [4.69, 9.17) is 9.84 Å². The van der Waals surface area contributed by atoms with E-state index in [0.717, 1.165) is 16.9 Å². The molecule has 1 rings (SSSR count). The first kappa shape index (κ1) is 15.5. The summed E-state index contributed by atoms with van der Waals surface area (Å²) in [4.78, 5) is 12.8. The highest BCUT2D eigenvalue weighted by molar-refractivity contribution is 5.72. The molecule has 0 aliphatic carbocycles. The molecule has 0 radical (unpaired) electrons. The van der Waals surface area contributed by atoms with E-state index in [-0.39, 0.29) is 0 Å². The number of hydrogen-bond donors (Lipinski definition) is 1. The summed E-state index contributed by atoms with van der Waals surface area (Å²) in [6.07, 6.45) is 0. The average molecular weight is 265 g/mol. The molecule has 0 saturated heterocycles. The third-order valence-corrected chi connectivity index (χ3v) is 3.37. The SMILES string of the molecule is COc1ccc(CN(C)C(C)C(=O)O)cc1C(C)C. The van der Waals surface area contributed by atoms with Gasteiger partial charge in [0.1, 0.15) is 11.8 Å². The molecule has 4 nitrogen and oxygen atoms in total. The van der Waals surface area contributed by atoms with Crippen molar-refractivity contribution in [2.75, 3.05) is 14.2 Å². The van der Waals surface area contributed by atoms with E-state index in [9.17, 15) is 4.79 Å². The molecular weight excluding hydrogens is 242 g/mol. The number of carbonyl (C=O) groups is 1. The van der Waals surface area contributed by atoms with Crippen molar-refractivity contribution in [3.63, 3.8) is 0 Å². The standard InChI is InChI=1S/C15H23NO3/c1-10(2)13-8-12(6-7-14(13)19-5)9-16(4)11(3)15(17)18/h6-8,10-11H,9H2,1-5H3,(H,17,18). The monoisotopic (exact) mass is 265 g/mol. The first-order chi connectivity index (χ1) is 8.86. The molecule has 0 aromatic heterocycles. The quantitative estimate of drug-likeness (QED) is 0.859. The topological polar surface area (TPSA) is 49.8 Å². The van der Waals surface area contributed by atoms with Gasteiger partial charge in [-0.15, -0.1) is 0 Å². The van der Waals surface area contributed by atoms with E-state index in [0.29, 0.717) is 12.5 Å². The van der Waals surface area contributed by atoms with Gasteiger partial charge in [0.05, 0.1) is 7.11 Å². The van der Waals surface area contributed by atoms with Crippen LogP contribution in [-0.2, 0) is 11.3 Å². The van der Waals surface area contributed by atoms with Crippen LogP contribution in [0.5, 0.6) is 5.75 Å². The molecular formula is C15H23NO3. The smallest absolute Gasteiger partial charge is 0.320 e. The second-order valence-electron chi connectivity index (χ2n) is 5.16. The maximum Gasteiger partial charge on any atom is 0.320 e. The van der Waals surface area contributed by atoms with Gasteiger partial charge in [-0.1, -0.05) is 26.0 Å². The van der Waals surface area contributed by atoms with Crippen molar-refractivity contribution in [1.29, 1.82) is 0 Å². The van der Waals surface area contributed by atoms with Crippen LogP contribution in [0.3, 0.4) is 0 Å². The fraction of sp³-hybridized carbons (Fsp3) is 0.533. The summed E-state index contributed by atoms with van der Waals surface area (Å²) in [5.41, 5.74) is 2.25. The molecule has 1 N–H and O–H groups in total. The fourth-order valence-electron chi connectivity index (χ4n) is 1.95. The molecule has 0 fully saturated rings. The van der Waals surface area contributed by atoms with Crippen LogP contribution < -0.4 is 4.74 Å². The van der Waals surface area contributed by atoms with Crippen molar-refractivity contribution in [3.8, 4) is 5.75 Å². The van der Waals surface area contributed by atoms with Crippen molar-refractivity contribution < 1.29 is 14.6 Å². The van der Waals surface area contributed by atoms with Gasteiger partial charge in [0.2, 0.25) is 0 Å². The Balaban J connectivity index is 2.91. The van der Waals surface area contributed by atoms with Gasteiger partial charge in [0.15, 0.2) is 0 Å². The molecule has 0 saturated carbocycles. The minimum Gasteiger partial charge on any atom is -0.496 e. The summed E-state index contributed by atoms with van der Waals surface area (Å²) in [5, 5.41) is 8.99.